The Kier molecular flexibility index (Phi) is 6.58. The normalized spacial score (nSPS) is 13.4. The predicted octanol–water partition coefficient (Wildman–Crippen LogP) is 16.3. The van der Waals surface area contributed by atoms with Gasteiger partial charge in [-0.25, -0.2) is 0 Å². The zero-order valence-electron chi connectivity index (χ0n) is 33.3. The van der Waals surface area contributed by atoms with Crippen molar-refractivity contribution in [3.8, 4) is 44.5 Å². The van der Waals surface area contributed by atoms with E-state index < -0.39 is 5.41 Å². The topological polar surface area (TPSA) is 0 Å². The van der Waals surface area contributed by atoms with Gasteiger partial charge in [0.2, 0.25) is 0 Å². The highest BCUT2D eigenvalue weighted by Gasteiger charge is 2.52. The summed E-state index contributed by atoms with van der Waals surface area (Å²) in [6, 6.07) is 82.5. The highest BCUT2D eigenvalue weighted by atomic mass is 14.5. The van der Waals surface area contributed by atoms with Crippen molar-refractivity contribution in [3.63, 3.8) is 0 Å². The summed E-state index contributed by atoms with van der Waals surface area (Å²) in [5.74, 6) is 0. The van der Waals surface area contributed by atoms with Gasteiger partial charge in [-0.2, -0.15) is 0 Å². The predicted molar refractivity (Wildman–Crippen MR) is 259 cm³/mol. The molecule has 12 aromatic rings. The fourth-order valence-electron chi connectivity index (χ4n) is 11.8. The first-order valence-electron chi connectivity index (χ1n) is 21.4. The minimum absolute atomic E-state index is 0.421. The third-order valence-electron chi connectivity index (χ3n) is 14.2. The molecule has 14 rings (SSSR count). The number of fused-ring (bicyclic) bond motifs is 18. The van der Waals surface area contributed by atoms with E-state index in [0.717, 1.165) is 0 Å². The molecule has 0 fully saturated rings. The Balaban J connectivity index is 1.06. The van der Waals surface area contributed by atoms with Gasteiger partial charge in [0, 0.05) is 0 Å². The van der Waals surface area contributed by atoms with Crippen LogP contribution in [-0.2, 0) is 5.41 Å². The SMILES string of the molecule is c1ccc2c(c1)-c1ccccc1C21c2cc3cc(-c4c5ccccc5c(-c5cc6ccccc6c6ccccc56)c5ccccc45)ccc3cc2-c2c1ccc1ccccc21. The Morgan fingerprint density at radius 3 is 1.41 bits per heavy atom. The van der Waals surface area contributed by atoms with E-state index >= 15 is 0 Å². The fraction of sp³-hybridized carbons (Fsp3) is 0.0164. The molecule has 0 amide bonds. The van der Waals surface area contributed by atoms with Gasteiger partial charge < -0.3 is 0 Å². The third-order valence-corrected chi connectivity index (χ3v) is 14.2. The number of hydrogen-bond acceptors (Lipinski definition) is 0. The van der Waals surface area contributed by atoms with Crippen LogP contribution in [0, 0.1) is 0 Å². The molecule has 12 aromatic carbocycles. The lowest BCUT2D eigenvalue weighted by molar-refractivity contribution is 0.795. The van der Waals surface area contributed by atoms with E-state index in [1.807, 2.05) is 0 Å². The first-order chi connectivity index (χ1) is 30.3. The number of hydrogen-bond donors (Lipinski definition) is 0. The summed E-state index contributed by atoms with van der Waals surface area (Å²) in [6.07, 6.45) is 0. The molecule has 280 valence electrons. The Morgan fingerprint density at radius 2 is 0.721 bits per heavy atom. The number of benzene rings is 12. The average molecular weight is 769 g/mol. The van der Waals surface area contributed by atoms with Gasteiger partial charge in [-0.15, -0.1) is 0 Å². The first-order valence-corrected chi connectivity index (χ1v) is 21.4. The van der Waals surface area contributed by atoms with Crippen molar-refractivity contribution in [3.05, 3.63) is 241 Å². The van der Waals surface area contributed by atoms with E-state index in [-0.39, 0.29) is 0 Å². The van der Waals surface area contributed by atoms with Crippen LogP contribution >= 0.6 is 0 Å². The van der Waals surface area contributed by atoms with Crippen molar-refractivity contribution in [2.75, 3.05) is 0 Å². The molecule has 61 heavy (non-hydrogen) atoms. The van der Waals surface area contributed by atoms with Crippen LogP contribution in [0.25, 0.3) is 109 Å². The summed E-state index contributed by atoms with van der Waals surface area (Å²) in [5, 5.41) is 15.3. The van der Waals surface area contributed by atoms with E-state index in [0.29, 0.717) is 0 Å². The Morgan fingerprint density at radius 1 is 0.213 bits per heavy atom. The lowest BCUT2D eigenvalue weighted by Crippen LogP contribution is -2.25. The second-order valence-corrected chi connectivity index (χ2v) is 17.0. The maximum Gasteiger partial charge on any atom is 0.0725 e. The van der Waals surface area contributed by atoms with Gasteiger partial charge in [-0.05, 0) is 156 Å². The molecule has 0 heterocycles. The molecule has 2 aliphatic carbocycles. The second-order valence-electron chi connectivity index (χ2n) is 17.0. The van der Waals surface area contributed by atoms with Crippen molar-refractivity contribution < 1.29 is 0 Å². The molecule has 0 atom stereocenters. The van der Waals surface area contributed by atoms with E-state index in [1.54, 1.807) is 0 Å². The summed E-state index contributed by atoms with van der Waals surface area (Å²) in [4.78, 5) is 0. The highest BCUT2D eigenvalue weighted by Crippen LogP contribution is 2.64. The molecule has 2 aliphatic rings. The summed E-state index contributed by atoms with van der Waals surface area (Å²) in [7, 11) is 0. The van der Waals surface area contributed by atoms with Crippen LogP contribution in [0.15, 0.2) is 218 Å². The molecule has 0 unspecified atom stereocenters. The lowest BCUT2D eigenvalue weighted by atomic mass is 9.70. The monoisotopic (exact) mass is 768 g/mol. The van der Waals surface area contributed by atoms with Gasteiger partial charge in [0.15, 0.2) is 0 Å². The maximum absolute atomic E-state index is 2.54. The standard InChI is InChI=1S/C61H36/c1-4-18-43-37(15-1)31-32-56-60(43)53-34-38-29-30-40(33-41(38)36-57(53)61(56)54-27-13-11-21-46(54)47-22-12-14-28-55(47)61)58-48-23-7-9-25-50(48)59(51-26-10-8-24-49(51)58)52-35-39-16-2-3-17-42(39)44-19-5-6-20-45(44)52/h1-36H. The summed E-state index contributed by atoms with van der Waals surface area (Å²) in [5.41, 5.74) is 15.5. The fourth-order valence-corrected chi connectivity index (χ4v) is 11.8. The van der Waals surface area contributed by atoms with Crippen molar-refractivity contribution in [1.29, 1.82) is 0 Å². The van der Waals surface area contributed by atoms with Crippen LogP contribution in [0.4, 0.5) is 0 Å². The largest absolute Gasteiger partial charge is 0.0725 e. The van der Waals surface area contributed by atoms with E-state index in [9.17, 15) is 0 Å². The Labute approximate surface area is 353 Å². The Bertz CT molecular complexity index is 3780. The smallest absolute Gasteiger partial charge is 0.0619 e. The Hall–Kier alpha value is -7.80. The van der Waals surface area contributed by atoms with Gasteiger partial charge in [0.1, 0.15) is 0 Å². The van der Waals surface area contributed by atoms with Crippen LogP contribution in [0.5, 0.6) is 0 Å². The molecule has 0 radical (unpaired) electrons. The molecule has 0 bridgehead atoms. The van der Waals surface area contributed by atoms with Crippen LogP contribution in [0.1, 0.15) is 22.3 Å². The van der Waals surface area contributed by atoms with Crippen LogP contribution < -0.4 is 0 Å². The van der Waals surface area contributed by atoms with Gasteiger partial charge in [0.05, 0.1) is 5.41 Å². The molecule has 0 N–H and O–H groups in total. The first kappa shape index (κ1) is 33.1. The zero-order valence-corrected chi connectivity index (χ0v) is 33.3. The quantitative estimate of drug-likeness (QED) is 0.121. The van der Waals surface area contributed by atoms with E-state index in [4.69, 9.17) is 0 Å². The molecule has 0 aliphatic heterocycles. The maximum atomic E-state index is 2.54. The van der Waals surface area contributed by atoms with Crippen LogP contribution in [0.2, 0.25) is 0 Å². The van der Waals surface area contributed by atoms with Crippen molar-refractivity contribution in [1.82, 2.24) is 0 Å². The third kappa shape index (κ3) is 4.29. The molecule has 0 saturated carbocycles. The van der Waals surface area contributed by atoms with Crippen molar-refractivity contribution in [2.24, 2.45) is 0 Å². The molecule has 0 saturated heterocycles. The average Bonchev–Trinajstić information content (AvgIpc) is 3.79. The minimum atomic E-state index is -0.421. The molecular formula is C61H36. The minimum Gasteiger partial charge on any atom is -0.0619 e. The molecule has 0 heteroatoms. The van der Waals surface area contributed by atoms with E-state index in [1.165, 1.54) is 131 Å². The van der Waals surface area contributed by atoms with Crippen LogP contribution in [-0.4, -0.2) is 0 Å². The summed E-state index contributed by atoms with van der Waals surface area (Å²) >= 11 is 0. The lowest BCUT2D eigenvalue weighted by Gasteiger charge is -2.30. The van der Waals surface area contributed by atoms with Gasteiger partial charge in [-0.1, -0.05) is 194 Å². The van der Waals surface area contributed by atoms with Crippen molar-refractivity contribution >= 4 is 64.6 Å². The van der Waals surface area contributed by atoms with Gasteiger partial charge >= 0.3 is 0 Å². The molecular weight excluding hydrogens is 733 g/mol. The molecule has 1 spiro atoms. The second kappa shape index (κ2) is 12.1. The van der Waals surface area contributed by atoms with E-state index in [2.05, 4.69) is 218 Å². The molecule has 0 aromatic heterocycles. The molecule has 0 nitrogen and oxygen atoms in total. The number of rotatable bonds is 2. The zero-order chi connectivity index (χ0) is 39.8. The van der Waals surface area contributed by atoms with Gasteiger partial charge in [-0.3, -0.25) is 0 Å². The van der Waals surface area contributed by atoms with Gasteiger partial charge in [0.25, 0.3) is 0 Å². The van der Waals surface area contributed by atoms with Crippen molar-refractivity contribution in [2.45, 2.75) is 5.41 Å². The van der Waals surface area contributed by atoms with Crippen LogP contribution in [0.3, 0.4) is 0 Å². The summed E-state index contributed by atoms with van der Waals surface area (Å²) < 4.78 is 0. The summed E-state index contributed by atoms with van der Waals surface area (Å²) in [6.45, 7) is 0. The highest BCUT2D eigenvalue weighted by molar-refractivity contribution is 6.26.